The summed E-state index contributed by atoms with van der Waals surface area (Å²) >= 11 is 0. The van der Waals surface area contributed by atoms with Crippen LogP contribution in [0, 0.1) is 0 Å². The van der Waals surface area contributed by atoms with Crippen molar-refractivity contribution in [3.8, 4) is 0 Å². The van der Waals surface area contributed by atoms with Crippen molar-refractivity contribution in [2.24, 2.45) is 0 Å². The van der Waals surface area contributed by atoms with Gasteiger partial charge in [0.05, 0.1) is 12.7 Å². The topological polar surface area (TPSA) is 114 Å². The van der Waals surface area contributed by atoms with Gasteiger partial charge in [0.1, 0.15) is 19.1 Å². The van der Waals surface area contributed by atoms with Crippen LogP contribution in [0.1, 0.15) is 12.6 Å². The molecule has 0 saturated carbocycles. The Kier molecular flexibility index (Phi) is 3.92. The van der Waals surface area contributed by atoms with Gasteiger partial charge in [-0.3, -0.25) is 14.3 Å². The van der Waals surface area contributed by atoms with E-state index in [2.05, 4.69) is 4.98 Å². The van der Waals surface area contributed by atoms with E-state index in [9.17, 15) is 14.7 Å². The summed E-state index contributed by atoms with van der Waals surface area (Å²) in [7, 11) is 0. The van der Waals surface area contributed by atoms with Crippen molar-refractivity contribution in [3.05, 3.63) is 33.1 Å². The normalized spacial score (nSPS) is 27.6. The highest BCUT2D eigenvalue weighted by Gasteiger charge is 2.35. The summed E-state index contributed by atoms with van der Waals surface area (Å²) in [5.41, 5.74) is -1.08. The van der Waals surface area contributed by atoms with Crippen LogP contribution < -0.4 is 11.2 Å². The van der Waals surface area contributed by atoms with Crippen LogP contribution in [0.3, 0.4) is 0 Å². The van der Waals surface area contributed by atoms with Crippen molar-refractivity contribution < 1.29 is 19.7 Å². The molecule has 8 nitrogen and oxygen atoms in total. The Morgan fingerprint density at radius 2 is 2.33 bits per heavy atom. The summed E-state index contributed by atoms with van der Waals surface area (Å²) in [5, 5.41) is 18.2. The Morgan fingerprint density at radius 1 is 1.56 bits per heavy atom. The molecule has 0 aromatic carbocycles. The highest BCUT2D eigenvalue weighted by molar-refractivity contribution is 4.88. The van der Waals surface area contributed by atoms with Gasteiger partial charge in [-0.25, -0.2) is 4.79 Å². The molecule has 1 saturated heterocycles. The SMILES string of the molecule is O=c1ccn([C@H]2C[C@H](O)[C@@H](COCO)O2)c(=O)[nH]1. The summed E-state index contributed by atoms with van der Waals surface area (Å²) in [6.45, 7) is -0.428. The summed E-state index contributed by atoms with van der Waals surface area (Å²) in [5.74, 6) is 0. The van der Waals surface area contributed by atoms with Gasteiger partial charge in [0.25, 0.3) is 5.56 Å². The first-order chi connectivity index (χ1) is 8.61. The molecule has 1 aliphatic rings. The van der Waals surface area contributed by atoms with E-state index in [1.54, 1.807) is 0 Å². The second-order valence-corrected chi connectivity index (χ2v) is 3.95. The highest BCUT2D eigenvalue weighted by atomic mass is 16.6. The smallest absolute Gasteiger partial charge is 0.330 e. The summed E-state index contributed by atoms with van der Waals surface area (Å²) in [6, 6.07) is 1.20. The van der Waals surface area contributed by atoms with Crippen LogP contribution in [0.25, 0.3) is 0 Å². The van der Waals surface area contributed by atoms with Gasteiger partial charge in [0, 0.05) is 18.7 Å². The van der Waals surface area contributed by atoms with Gasteiger partial charge in [0.2, 0.25) is 0 Å². The van der Waals surface area contributed by atoms with Crippen molar-refractivity contribution >= 4 is 0 Å². The number of hydrogen-bond acceptors (Lipinski definition) is 6. The van der Waals surface area contributed by atoms with E-state index in [1.807, 2.05) is 0 Å². The molecular weight excluding hydrogens is 244 g/mol. The molecule has 0 aliphatic carbocycles. The fourth-order valence-corrected chi connectivity index (χ4v) is 1.86. The predicted octanol–water partition coefficient (Wildman–Crippen LogP) is -1.85. The number of nitrogens with one attached hydrogen (secondary N) is 1. The van der Waals surface area contributed by atoms with E-state index in [0.717, 1.165) is 0 Å². The van der Waals surface area contributed by atoms with Crippen molar-refractivity contribution in [3.63, 3.8) is 0 Å². The maximum Gasteiger partial charge on any atom is 0.330 e. The Balaban J connectivity index is 2.11. The standard InChI is InChI=1S/C10H14N2O6/c13-5-17-4-7-6(14)3-9(18-7)12-2-1-8(15)11-10(12)16/h1-2,6-7,9,13-14H,3-5H2,(H,11,15,16)/t6-,7+,9+/m0/s1. The van der Waals surface area contributed by atoms with E-state index >= 15 is 0 Å². The lowest BCUT2D eigenvalue weighted by Crippen LogP contribution is -2.31. The largest absolute Gasteiger partial charge is 0.390 e. The van der Waals surface area contributed by atoms with Crippen LogP contribution in [0.15, 0.2) is 21.9 Å². The van der Waals surface area contributed by atoms with Gasteiger partial charge >= 0.3 is 5.69 Å². The molecule has 0 unspecified atom stereocenters. The number of aromatic amines is 1. The molecule has 1 aliphatic heterocycles. The van der Waals surface area contributed by atoms with Crippen molar-refractivity contribution in [2.75, 3.05) is 13.4 Å². The summed E-state index contributed by atoms with van der Waals surface area (Å²) in [6.07, 6.45) is -0.530. The first-order valence-corrected chi connectivity index (χ1v) is 5.45. The molecule has 0 amide bonds. The van der Waals surface area contributed by atoms with Gasteiger partial charge < -0.3 is 19.7 Å². The van der Waals surface area contributed by atoms with Crippen LogP contribution in [0.5, 0.6) is 0 Å². The zero-order valence-electron chi connectivity index (χ0n) is 9.48. The number of aromatic nitrogens is 2. The molecule has 100 valence electrons. The third-order valence-corrected chi connectivity index (χ3v) is 2.74. The maximum atomic E-state index is 11.5. The Bertz CT molecular complexity index is 510. The zero-order chi connectivity index (χ0) is 13.1. The van der Waals surface area contributed by atoms with Gasteiger partial charge in [-0.05, 0) is 0 Å². The Morgan fingerprint density at radius 3 is 3.00 bits per heavy atom. The van der Waals surface area contributed by atoms with Crippen molar-refractivity contribution in [1.29, 1.82) is 0 Å². The van der Waals surface area contributed by atoms with Gasteiger partial charge in [-0.2, -0.15) is 0 Å². The Labute approximate surface area is 101 Å². The number of H-pyrrole nitrogens is 1. The predicted molar refractivity (Wildman–Crippen MR) is 58.9 cm³/mol. The lowest BCUT2D eigenvalue weighted by molar-refractivity contribution is -0.0923. The quantitative estimate of drug-likeness (QED) is 0.546. The average molecular weight is 258 g/mol. The summed E-state index contributed by atoms with van der Waals surface area (Å²) in [4.78, 5) is 24.6. The van der Waals surface area contributed by atoms with Crippen molar-refractivity contribution in [2.45, 2.75) is 24.9 Å². The van der Waals surface area contributed by atoms with Crippen LogP contribution in [-0.4, -0.2) is 45.4 Å². The second-order valence-electron chi connectivity index (χ2n) is 3.95. The molecule has 0 radical (unpaired) electrons. The monoisotopic (exact) mass is 258 g/mol. The molecule has 1 aromatic rings. The lowest BCUT2D eigenvalue weighted by atomic mass is 10.2. The zero-order valence-corrected chi connectivity index (χ0v) is 9.48. The van der Waals surface area contributed by atoms with Gasteiger partial charge in [-0.1, -0.05) is 0 Å². The molecule has 3 atom stereocenters. The minimum absolute atomic E-state index is 0.0340. The number of hydrogen-bond donors (Lipinski definition) is 3. The lowest BCUT2D eigenvalue weighted by Gasteiger charge is -2.15. The third kappa shape index (κ3) is 2.67. The van der Waals surface area contributed by atoms with E-state index in [1.165, 1.54) is 16.8 Å². The molecule has 3 N–H and O–H groups in total. The number of aliphatic hydroxyl groups excluding tert-OH is 2. The number of rotatable bonds is 4. The molecule has 0 spiro atoms. The van der Waals surface area contributed by atoms with Crippen LogP contribution in [0.4, 0.5) is 0 Å². The van der Waals surface area contributed by atoms with Crippen molar-refractivity contribution in [1.82, 2.24) is 9.55 Å². The molecule has 8 heteroatoms. The Hall–Kier alpha value is -1.48. The fourth-order valence-electron chi connectivity index (χ4n) is 1.86. The molecule has 2 rings (SSSR count). The number of aliphatic hydroxyl groups is 2. The summed E-state index contributed by atoms with van der Waals surface area (Å²) < 4.78 is 11.4. The van der Waals surface area contributed by atoms with Crippen LogP contribution in [-0.2, 0) is 9.47 Å². The molecular formula is C10H14N2O6. The molecule has 2 heterocycles. The molecule has 1 aromatic heterocycles. The minimum atomic E-state index is -0.791. The van der Waals surface area contributed by atoms with Crippen LogP contribution >= 0.6 is 0 Å². The van der Waals surface area contributed by atoms with Gasteiger partial charge in [0.15, 0.2) is 0 Å². The number of nitrogens with zero attached hydrogens (tertiary/aromatic N) is 1. The van der Waals surface area contributed by atoms with E-state index < -0.39 is 36.5 Å². The third-order valence-electron chi connectivity index (χ3n) is 2.74. The minimum Gasteiger partial charge on any atom is -0.390 e. The van der Waals surface area contributed by atoms with E-state index in [-0.39, 0.29) is 13.0 Å². The highest BCUT2D eigenvalue weighted by Crippen LogP contribution is 2.27. The maximum absolute atomic E-state index is 11.5. The second kappa shape index (κ2) is 5.44. The average Bonchev–Trinajstić information content (AvgIpc) is 2.68. The molecule has 1 fully saturated rings. The fraction of sp³-hybridized carbons (Fsp3) is 0.600. The van der Waals surface area contributed by atoms with E-state index in [4.69, 9.17) is 14.6 Å². The number of ether oxygens (including phenoxy) is 2. The molecule has 18 heavy (non-hydrogen) atoms. The first-order valence-electron chi connectivity index (χ1n) is 5.45. The van der Waals surface area contributed by atoms with Gasteiger partial charge in [-0.15, -0.1) is 0 Å². The van der Waals surface area contributed by atoms with Crippen LogP contribution in [0.2, 0.25) is 0 Å². The molecule has 0 bridgehead atoms. The first kappa shape index (κ1) is 13.0. The van der Waals surface area contributed by atoms with E-state index in [0.29, 0.717) is 0 Å².